The molecule has 0 rings (SSSR count). The Labute approximate surface area is 89.1 Å². The molecular weight excluding hydrogens is 198 g/mol. The zero-order valence-electron chi connectivity index (χ0n) is 9.19. The second-order valence-corrected chi connectivity index (χ2v) is 3.48. The summed E-state index contributed by atoms with van der Waals surface area (Å²) in [5, 5.41) is 11.4. The summed E-state index contributed by atoms with van der Waals surface area (Å²) in [7, 11) is 0. The summed E-state index contributed by atoms with van der Waals surface area (Å²) >= 11 is 0. The summed E-state index contributed by atoms with van der Waals surface area (Å²) in [4.78, 5) is 21.1. The number of carbonyl (C=O) groups is 2. The number of ether oxygens (including phenoxy) is 1. The lowest BCUT2D eigenvalue weighted by Gasteiger charge is -2.14. The van der Waals surface area contributed by atoms with Crippen LogP contribution in [-0.4, -0.2) is 35.7 Å². The van der Waals surface area contributed by atoms with Crippen molar-refractivity contribution in [2.75, 3.05) is 6.54 Å². The van der Waals surface area contributed by atoms with Gasteiger partial charge in [0.2, 0.25) is 0 Å². The molecule has 0 fully saturated rings. The maximum Gasteiger partial charge on any atom is 0.331 e. The van der Waals surface area contributed by atoms with Gasteiger partial charge in [0, 0.05) is 24.7 Å². The number of nitrogens with one attached hydrogen (secondary N) is 1. The predicted octanol–water partition coefficient (Wildman–Crippen LogP) is 0.557. The SMILES string of the molecule is CC(C)NCC(C)OC(=O)/C=C/C(=O)O. The van der Waals surface area contributed by atoms with E-state index < -0.39 is 11.9 Å². The molecule has 15 heavy (non-hydrogen) atoms. The van der Waals surface area contributed by atoms with Gasteiger partial charge in [-0.05, 0) is 6.92 Å². The zero-order valence-corrected chi connectivity index (χ0v) is 9.19. The van der Waals surface area contributed by atoms with Crippen LogP contribution in [-0.2, 0) is 14.3 Å². The standard InChI is InChI=1S/C10H17NO4/c1-7(2)11-6-8(3)15-10(14)5-4-9(12)13/h4-5,7-8,11H,6H2,1-3H3,(H,12,13)/b5-4+. The molecular formula is C10H17NO4. The average molecular weight is 215 g/mol. The monoisotopic (exact) mass is 215 g/mol. The second kappa shape index (κ2) is 7.00. The molecule has 1 atom stereocenters. The van der Waals surface area contributed by atoms with Crippen LogP contribution in [0.25, 0.3) is 0 Å². The van der Waals surface area contributed by atoms with E-state index in [1.165, 1.54) is 0 Å². The molecule has 0 aromatic rings. The first-order valence-corrected chi connectivity index (χ1v) is 4.76. The van der Waals surface area contributed by atoms with Crippen molar-refractivity contribution < 1.29 is 19.4 Å². The Morgan fingerprint density at radius 2 is 1.93 bits per heavy atom. The first kappa shape index (κ1) is 13.6. The minimum Gasteiger partial charge on any atom is -0.478 e. The second-order valence-electron chi connectivity index (χ2n) is 3.48. The maximum atomic E-state index is 11.0. The molecule has 0 aromatic heterocycles. The van der Waals surface area contributed by atoms with E-state index in [1.54, 1.807) is 6.92 Å². The molecule has 0 saturated heterocycles. The van der Waals surface area contributed by atoms with E-state index in [9.17, 15) is 9.59 Å². The van der Waals surface area contributed by atoms with E-state index in [-0.39, 0.29) is 6.10 Å². The molecule has 0 aliphatic rings. The number of carboxylic acid groups (broad SMARTS) is 1. The lowest BCUT2D eigenvalue weighted by molar-refractivity contribution is -0.142. The molecule has 0 radical (unpaired) electrons. The van der Waals surface area contributed by atoms with Crippen LogP contribution in [0.1, 0.15) is 20.8 Å². The molecule has 0 aliphatic carbocycles. The molecule has 0 aromatic carbocycles. The lowest BCUT2D eigenvalue weighted by Crippen LogP contribution is -2.32. The molecule has 0 bridgehead atoms. The minimum absolute atomic E-state index is 0.279. The van der Waals surface area contributed by atoms with Gasteiger partial charge >= 0.3 is 11.9 Å². The number of hydrogen-bond donors (Lipinski definition) is 2. The summed E-state index contributed by atoms with van der Waals surface area (Å²) < 4.78 is 4.90. The normalized spacial score (nSPS) is 13.1. The van der Waals surface area contributed by atoms with Crippen LogP contribution in [0.5, 0.6) is 0 Å². The van der Waals surface area contributed by atoms with Gasteiger partial charge in [-0.15, -0.1) is 0 Å². The van der Waals surface area contributed by atoms with E-state index in [4.69, 9.17) is 9.84 Å². The molecule has 0 amide bonds. The highest BCUT2D eigenvalue weighted by Gasteiger charge is 2.07. The van der Waals surface area contributed by atoms with Crippen LogP contribution in [0.15, 0.2) is 12.2 Å². The van der Waals surface area contributed by atoms with Crippen molar-refractivity contribution in [3.8, 4) is 0 Å². The van der Waals surface area contributed by atoms with Crippen LogP contribution in [0.3, 0.4) is 0 Å². The molecule has 0 saturated carbocycles. The molecule has 86 valence electrons. The Morgan fingerprint density at radius 3 is 2.40 bits per heavy atom. The summed E-state index contributed by atoms with van der Waals surface area (Å²) in [6.07, 6.45) is 1.37. The van der Waals surface area contributed by atoms with Crippen molar-refractivity contribution in [2.45, 2.75) is 32.9 Å². The summed E-state index contributed by atoms with van der Waals surface area (Å²) in [6, 6.07) is 0.320. The van der Waals surface area contributed by atoms with Gasteiger partial charge in [0.1, 0.15) is 6.10 Å². The maximum absolute atomic E-state index is 11.0. The Balaban J connectivity index is 3.81. The van der Waals surface area contributed by atoms with Crippen LogP contribution in [0, 0.1) is 0 Å². The largest absolute Gasteiger partial charge is 0.478 e. The number of hydrogen-bond acceptors (Lipinski definition) is 4. The molecule has 5 heteroatoms. The molecule has 5 nitrogen and oxygen atoms in total. The first-order valence-electron chi connectivity index (χ1n) is 4.76. The lowest BCUT2D eigenvalue weighted by atomic mass is 10.3. The Kier molecular flexibility index (Phi) is 6.37. The number of rotatable bonds is 6. The smallest absolute Gasteiger partial charge is 0.331 e. The Bertz CT molecular complexity index is 248. The Morgan fingerprint density at radius 1 is 1.33 bits per heavy atom. The van der Waals surface area contributed by atoms with Gasteiger partial charge < -0.3 is 15.2 Å². The van der Waals surface area contributed by atoms with E-state index in [1.807, 2.05) is 13.8 Å². The summed E-state index contributed by atoms with van der Waals surface area (Å²) in [5.41, 5.74) is 0. The zero-order chi connectivity index (χ0) is 11.8. The van der Waals surface area contributed by atoms with Crippen molar-refractivity contribution in [2.24, 2.45) is 0 Å². The third-order valence-electron chi connectivity index (χ3n) is 1.49. The van der Waals surface area contributed by atoms with Crippen LogP contribution >= 0.6 is 0 Å². The summed E-state index contributed by atoms with van der Waals surface area (Å²) in [5.74, 6) is -1.81. The van der Waals surface area contributed by atoms with Crippen LogP contribution in [0.2, 0.25) is 0 Å². The predicted molar refractivity (Wildman–Crippen MR) is 55.5 cm³/mol. The fraction of sp³-hybridized carbons (Fsp3) is 0.600. The van der Waals surface area contributed by atoms with E-state index in [0.717, 1.165) is 12.2 Å². The van der Waals surface area contributed by atoms with Crippen LogP contribution in [0.4, 0.5) is 0 Å². The number of carboxylic acids is 1. The number of esters is 1. The Hall–Kier alpha value is -1.36. The van der Waals surface area contributed by atoms with Crippen molar-refractivity contribution in [1.82, 2.24) is 5.32 Å². The highest BCUT2D eigenvalue weighted by atomic mass is 16.5. The highest BCUT2D eigenvalue weighted by Crippen LogP contribution is 1.92. The van der Waals surface area contributed by atoms with Crippen molar-refractivity contribution in [3.63, 3.8) is 0 Å². The minimum atomic E-state index is -1.17. The van der Waals surface area contributed by atoms with Gasteiger partial charge in [-0.1, -0.05) is 13.8 Å². The van der Waals surface area contributed by atoms with Crippen LogP contribution < -0.4 is 5.32 Å². The van der Waals surface area contributed by atoms with Crippen molar-refractivity contribution >= 4 is 11.9 Å². The van der Waals surface area contributed by atoms with Gasteiger partial charge in [-0.3, -0.25) is 0 Å². The quantitative estimate of drug-likeness (QED) is 0.500. The van der Waals surface area contributed by atoms with E-state index >= 15 is 0 Å². The van der Waals surface area contributed by atoms with E-state index in [0.29, 0.717) is 12.6 Å². The molecule has 0 spiro atoms. The van der Waals surface area contributed by atoms with Gasteiger partial charge in [0.25, 0.3) is 0 Å². The topological polar surface area (TPSA) is 75.6 Å². The number of aliphatic carboxylic acids is 1. The molecule has 2 N–H and O–H groups in total. The third-order valence-corrected chi connectivity index (χ3v) is 1.49. The number of carbonyl (C=O) groups excluding carboxylic acids is 1. The fourth-order valence-electron chi connectivity index (χ4n) is 0.820. The average Bonchev–Trinajstić information content (AvgIpc) is 2.11. The van der Waals surface area contributed by atoms with Gasteiger partial charge in [-0.25, -0.2) is 9.59 Å². The highest BCUT2D eigenvalue weighted by molar-refractivity contribution is 5.90. The van der Waals surface area contributed by atoms with Crippen molar-refractivity contribution in [1.29, 1.82) is 0 Å². The molecule has 0 heterocycles. The molecule has 1 unspecified atom stereocenters. The first-order chi connectivity index (χ1) is 6.91. The molecule has 0 aliphatic heterocycles. The van der Waals surface area contributed by atoms with Gasteiger partial charge in [0.15, 0.2) is 0 Å². The third kappa shape index (κ3) is 8.96. The van der Waals surface area contributed by atoms with Crippen molar-refractivity contribution in [3.05, 3.63) is 12.2 Å². The fourth-order valence-corrected chi connectivity index (χ4v) is 0.820. The van der Waals surface area contributed by atoms with Gasteiger partial charge in [-0.2, -0.15) is 0 Å². The summed E-state index contributed by atoms with van der Waals surface area (Å²) in [6.45, 7) is 6.25. The van der Waals surface area contributed by atoms with E-state index in [2.05, 4.69) is 5.32 Å². The van der Waals surface area contributed by atoms with Gasteiger partial charge in [0.05, 0.1) is 0 Å².